The average Bonchev–Trinajstić information content (AvgIpc) is 2.47. The lowest BCUT2D eigenvalue weighted by Crippen LogP contribution is -2.39. The Labute approximate surface area is 147 Å². The third-order valence-corrected chi connectivity index (χ3v) is 3.75. The zero-order chi connectivity index (χ0) is 17.4. The molecule has 0 aliphatic carbocycles. The molecule has 0 radical (unpaired) electrons. The Bertz CT molecular complexity index is 550. The number of hydrogen-bond donors (Lipinski definition) is 2. The molecule has 7 heteroatoms. The third-order valence-electron chi connectivity index (χ3n) is 3.20. The number of nitrogens with two attached hydrogens (primary N) is 1. The third kappa shape index (κ3) is 7.20. The number of amides is 2. The van der Waals surface area contributed by atoms with Gasteiger partial charge in [-0.1, -0.05) is 30.1 Å². The Hall–Kier alpha value is -1.30. The van der Waals surface area contributed by atoms with Gasteiger partial charge in [-0.3, -0.25) is 9.59 Å². The summed E-state index contributed by atoms with van der Waals surface area (Å²) in [5.74, 6) is -0.363. The van der Waals surface area contributed by atoms with Crippen molar-refractivity contribution >= 4 is 40.7 Å². The monoisotopic (exact) mass is 359 g/mol. The van der Waals surface area contributed by atoms with Crippen molar-refractivity contribution in [1.29, 1.82) is 0 Å². The second-order valence-electron chi connectivity index (χ2n) is 5.50. The van der Waals surface area contributed by atoms with Crippen molar-refractivity contribution in [2.45, 2.75) is 39.2 Å². The van der Waals surface area contributed by atoms with Crippen LogP contribution < -0.4 is 11.1 Å². The molecule has 0 spiro atoms. The van der Waals surface area contributed by atoms with Gasteiger partial charge in [-0.25, -0.2) is 0 Å². The fourth-order valence-corrected chi connectivity index (χ4v) is 2.48. The Kier molecular flexibility index (Phi) is 8.37. The highest BCUT2D eigenvalue weighted by Gasteiger charge is 2.17. The molecular weight excluding hydrogens is 337 g/mol. The van der Waals surface area contributed by atoms with Gasteiger partial charge in [-0.15, -0.1) is 0 Å². The SMILES string of the molecule is CCCN(CC(=O)Nc1ccc(Cl)cc1Cl)C(=O)CCC(C)N. The molecule has 2 amide bonds. The van der Waals surface area contributed by atoms with Crippen molar-refractivity contribution in [3.8, 4) is 0 Å². The molecule has 1 atom stereocenters. The molecule has 0 saturated carbocycles. The minimum atomic E-state index is -0.295. The van der Waals surface area contributed by atoms with E-state index in [1.54, 1.807) is 23.1 Å². The first-order valence-corrected chi connectivity index (χ1v) is 8.37. The maximum atomic E-state index is 12.2. The van der Waals surface area contributed by atoms with Gasteiger partial charge >= 0.3 is 0 Å². The van der Waals surface area contributed by atoms with E-state index in [2.05, 4.69) is 5.32 Å². The molecular formula is C16H23Cl2N3O2. The highest BCUT2D eigenvalue weighted by Crippen LogP contribution is 2.25. The van der Waals surface area contributed by atoms with Crippen LogP contribution in [0.3, 0.4) is 0 Å². The van der Waals surface area contributed by atoms with Gasteiger partial charge in [0.05, 0.1) is 17.3 Å². The van der Waals surface area contributed by atoms with Crippen LogP contribution in [0, 0.1) is 0 Å². The van der Waals surface area contributed by atoms with Crippen molar-refractivity contribution in [3.05, 3.63) is 28.2 Å². The lowest BCUT2D eigenvalue weighted by Gasteiger charge is -2.22. The molecule has 1 aromatic carbocycles. The molecule has 0 heterocycles. The Morgan fingerprint density at radius 2 is 2.04 bits per heavy atom. The first-order chi connectivity index (χ1) is 10.8. The number of hydrogen-bond acceptors (Lipinski definition) is 3. The van der Waals surface area contributed by atoms with Crippen LogP contribution in [0.2, 0.25) is 10.0 Å². The van der Waals surface area contributed by atoms with Crippen LogP contribution in [-0.4, -0.2) is 35.8 Å². The van der Waals surface area contributed by atoms with Gasteiger partial charge in [0, 0.05) is 24.0 Å². The number of carbonyl (C=O) groups is 2. The first kappa shape index (κ1) is 19.7. The summed E-state index contributed by atoms with van der Waals surface area (Å²) in [6, 6.07) is 4.78. The van der Waals surface area contributed by atoms with Gasteiger partial charge < -0.3 is 16.0 Å². The average molecular weight is 360 g/mol. The number of benzene rings is 1. The number of nitrogens with one attached hydrogen (secondary N) is 1. The molecule has 0 aliphatic rings. The molecule has 1 rings (SSSR count). The van der Waals surface area contributed by atoms with Gasteiger partial charge in [-0.05, 0) is 38.0 Å². The van der Waals surface area contributed by atoms with E-state index >= 15 is 0 Å². The number of halogens is 2. The van der Waals surface area contributed by atoms with Crippen molar-refractivity contribution < 1.29 is 9.59 Å². The smallest absolute Gasteiger partial charge is 0.244 e. The number of anilines is 1. The summed E-state index contributed by atoms with van der Waals surface area (Å²) in [6.45, 7) is 4.33. The molecule has 5 nitrogen and oxygen atoms in total. The molecule has 1 unspecified atom stereocenters. The van der Waals surface area contributed by atoms with E-state index in [1.807, 2.05) is 13.8 Å². The van der Waals surface area contributed by atoms with E-state index < -0.39 is 0 Å². The lowest BCUT2D eigenvalue weighted by molar-refractivity contribution is -0.134. The molecule has 0 aliphatic heterocycles. The summed E-state index contributed by atoms with van der Waals surface area (Å²) in [5.41, 5.74) is 6.14. The number of rotatable bonds is 8. The predicted molar refractivity (Wildman–Crippen MR) is 94.8 cm³/mol. The van der Waals surface area contributed by atoms with Crippen LogP contribution in [-0.2, 0) is 9.59 Å². The first-order valence-electron chi connectivity index (χ1n) is 7.61. The van der Waals surface area contributed by atoms with Gasteiger partial charge in [0.15, 0.2) is 0 Å². The Balaban J connectivity index is 2.64. The standard InChI is InChI=1S/C16H23Cl2N3O2/c1-3-8-21(16(23)7-4-11(2)19)10-15(22)20-14-6-5-12(17)9-13(14)18/h5-6,9,11H,3-4,7-8,10,19H2,1-2H3,(H,20,22). The van der Waals surface area contributed by atoms with Gasteiger partial charge in [0.2, 0.25) is 11.8 Å². The highest BCUT2D eigenvalue weighted by atomic mass is 35.5. The van der Waals surface area contributed by atoms with E-state index in [0.717, 1.165) is 6.42 Å². The summed E-state index contributed by atoms with van der Waals surface area (Å²) < 4.78 is 0. The largest absolute Gasteiger partial charge is 0.333 e. The summed E-state index contributed by atoms with van der Waals surface area (Å²) >= 11 is 11.8. The van der Waals surface area contributed by atoms with E-state index in [0.29, 0.717) is 35.1 Å². The van der Waals surface area contributed by atoms with Crippen LogP contribution >= 0.6 is 23.2 Å². The van der Waals surface area contributed by atoms with Gasteiger partial charge in [0.25, 0.3) is 0 Å². The summed E-state index contributed by atoms with van der Waals surface area (Å²) in [7, 11) is 0. The van der Waals surface area contributed by atoms with E-state index in [-0.39, 0.29) is 24.4 Å². The predicted octanol–water partition coefficient (Wildman–Crippen LogP) is 3.30. The van der Waals surface area contributed by atoms with Gasteiger partial charge in [0.1, 0.15) is 0 Å². The quantitative estimate of drug-likeness (QED) is 0.747. The van der Waals surface area contributed by atoms with Crippen LogP contribution in [0.4, 0.5) is 5.69 Å². The van der Waals surface area contributed by atoms with E-state index in [9.17, 15) is 9.59 Å². The second kappa shape index (κ2) is 9.75. The number of nitrogens with zero attached hydrogens (tertiary/aromatic N) is 1. The molecule has 128 valence electrons. The molecule has 0 aromatic heterocycles. The number of carbonyl (C=O) groups excluding carboxylic acids is 2. The molecule has 0 fully saturated rings. The van der Waals surface area contributed by atoms with Crippen molar-refractivity contribution in [1.82, 2.24) is 4.90 Å². The molecule has 23 heavy (non-hydrogen) atoms. The lowest BCUT2D eigenvalue weighted by atomic mass is 10.2. The fraction of sp³-hybridized carbons (Fsp3) is 0.500. The van der Waals surface area contributed by atoms with Crippen LogP contribution in [0.25, 0.3) is 0 Å². The van der Waals surface area contributed by atoms with Crippen molar-refractivity contribution in [3.63, 3.8) is 0 Å². The van der Waals surface area contributed by atoms with Crippen molar-refractivity contribution in [2.24, 2.45) is 5.73 Å². The van der Waals surface area contributed by atoms with Crippen LogP contribution in [0.5, 0.6) is 0 Å². The Morgan fingerprint density at radius 1 is 1.35 bits per heavy atom. The van der Waals surface area contributed by atoms with Crippen LogP contribution in [0.15, 0.2) is 18.2 Å². The normalized spacial score (nSPS) is 11.9. The van der Waals surface area contributed by atoms with Gasteiger partial charge in [-0.2, -0.15) is 0 Å². The fourth-order valence-electron chi connectivity index (χ4n) is 2.03. The molecule has 1 aromatic rings. The zero-order valence-electron chi connectivity index (χ0n) is 13.4. The molecule has 0 saturated heterocycles. The summed E-state index contributed by atoms with van der Waals surface area (Å²) in [5, 5.41) is 3.55. The van der Waals surface area contributed by atoms with E-state index in [1.165, 1.54) is 0 Å². The topological polar surface area (TPSA) is 75.4 Å². The second-order valence-corrected chi connectivity index (χ2v) is 6.35. The maximum Gasteiger partial charge on any atom is 0.244 e. The minimum Gasteiger partial charge on any atom is -0.333 e. The molecule has 0 bridgehead atoms. The zero-order valence-corrected chi connectivity index (χ0v) is 15.0. The molecule has 3 N–H and O–H groups in total. The van der Waals surface area contributed by atoms with E-state index in [4.69, 9.17) is 28.9 Å². The minimum absolute atomic E-state index is 0.00934. The maximum absolute atomic E-state index is 12.2. The highest BCUT2D eigenvalue weighted by molar-refractivity contribution is 6.36. The summed E-state index contributed by atoms with van der Waals surface area (Å²) in [6.07, 6.45) is 1.72. The van der Waals surface area contributed by atoms with Crippen LogP contribution in [0.1, 0.15) is 33.1 Å². The summed E-state index contributed by atoms with van der Waals surface area (Å²) in [4.78, 5) is 25.9. The Morgan fingerprint density at radius 3 is 2.61 bits per heavy atom. The van der Waals surface area contributed by atoms with Crippen molar-refractivity contribution in [2.75, 3.05) is 18.4 Å².